The van der Waals surface area contributed by atoms with Crippen LogP contribution in [0.15, 0.2) is 60.7 Å². The van der Waals surface area contributed by atoms with Gasteiger partial charge in [-0.15, -0.1) is 0 Å². The Bertz CT molecular complexity index is 2200. The Morgan fingerprint density at radius 1 is 0.797 bits per heavy atom. The number of fused-ring (bicyclic) bond motifs is 2. The summed E-state index contributed by atoms with van der Waals surface area (Å²) >= 11 is 6.19. The summed E-state index contributed by atoms with van der Waals surface area (Å²) < 4.78 is 6.21. The van der Waals surface area contributed by atoms with Crippen molar-refractivity contribution in [3.63, 3.8) is 0 Å². The van der Waals surface area contributed by atoms with Crippen LogP contribution in [0.4, 0.5) is 11.4 Å². The summed E-state index contributed by atoms with van der Waals surface area (Å²) in [6, 6.07) is 19.9. The predicted octanol–water partition coefficient (Wildman–Crippen LogP) is 5.02. The lowest BCUT2D eigenvalue weighted by Gasteiger charge is -2.40. The Morgan fingerprint density at radius 3 is 2.15 bits per heavy atom. The van der Waals surface area contributed by atoms with Crippen LogP contribution in [0.3, 0.4) is 0 Å². The van der Waals surface area contributed by atoms with Gasteiger partial charge in [0.05, 0.1) is 27.8 Å². The summed E-state index contributed by atoms with van der Waals surface area (Å²) in [7, 11) is 0. The Balaban J connectivity index is 0.695. The minimum atomic E-state index is -0.968. The van der Waals surface area contributed by atoms with Crippen LogP contribution in [0.5, 0.6) is 5.75 Å². The van der Waals surface area contributed by atoms with Crippen molar-refractivity contribution in [1.29, 1.82) is 5.26 Å². The number of carbonyl (C=O) groups excluding carboxylic acids is 5. The normalized spacial score (nSPS) is 26.1. The van der Waals surface area contributed by atoms with E-state index >= 15 is 0 Å². The van der Waals surface area contributed by atoms with Gasteiger partial charge in [0.1, 0.15) is 17.9 Å². The maximum atomic E-state index is 13.3. The molecule has 0 aromatic heterocycles. The monoisotopic (exact) mass is 817 g/mol. The highest BCUT2D eigenvalue weighted by Crippen LogP contribution is 2.45. The molecule has 5 atom stereocenters. The molecule has 3 aromatic carbocycles. The van der Waals surface area contributed by atoms with E-state index in [1.807, 2.05) is 18.2 Å². The highest BCUT2D eigenvalue weighted by molar-refractivity contribution is 6.31. The number of ether oxygens (including phenoxy) is 1. The highest BCUT2D eigenvalue weighted by atomic mass is 35.5. The molecule has 14 heteroatoms. The quantitative estimate of drug-likeness (QED) is 0.282. The molecule has 0 bridgehead atoms. The molecule has 5 amide bonds. The number of benzene rings is 3. The summed E-state index contributed by atoms with van der Waals surface area (Å²) in [5.74, 6) is 0.337. The first-order valence-corrected chi connectivity index (χ1v) is 21.3. The van der Waals surface area contributed by atoms with E-state index in [4.69, 9.17) is 21.6 Å². The van der Waals surface area contributed by atoms with Crippen molar-refractivity contribution in [3.8, 4) is 11.8 Å². The maximum Gasteiger partial charge on any atom is 0.262 e. The van der Waals surface area contributed by atoms with Crippen LogP contribution in [0.2, 0.25) is 5.02 Å². The van der Waals surface area contributed by atoms with Crippen LogP contribution in [-0.4, -0.2) is 103 Å². The minimum absolute atomic E-state index is 0.0198. The summed E-state index contributed by atoms with van der Waals surface area (Å²) in [6.45, 7) is 6.56. The lowest BCUT2D eigenvalue weighted by molar-refractivity contribution is -0.136. The maximum absolute atomic E-state index is 13.3. The van der Waals surface area contributed by atoms with Gasteiger partial charge in [0.25, 0.3) is 17.7 Å². The molecule has 3 unspecified atom stereocenters. The lowest BCUT2D eigenvalue weighted by Crippen LogP contribution is -2.54. The van der Waals surface area contributed by atoms with Crippen LogP contribution in [-0.2, 0) is 9.59 Å². The number of rotatable bonds is 9. The van der Waals surface area contributed by atoms with E-state index in [1.165, 1.54) is 0 Å². The molecule has 2 aliphatic carbocycles. The fraction of sp³-hybridized carbons (Fsp3) is 0.467. The van der Waals surface area contributed by atoms with Crippen molar-refractivity contribution in [1.82, 2.24) is 20.4 Å². The Labute approximate surface area is 348 Å². The van der Waals surface area contributed by atoms with E-state index in [2.05, 4.69) is 43.5 Å². The summed E-state index contributed by atoms with van der Waals surface area (Å²) in [5, 5.41) is 15.1. The van der Waals surface area contributed by atoms with Gasteiger partial charge in [0.15, 0.2) is 0 Å². The number of carbonyl (C=O) groups is 5. The molecular formula is C45H48ClN7O6. The SMILES string of the molecule is N#Cc1ccc(OC2C[C@H]3CC(NC(=O)c4ccc(N5CCN(CC6CCN(c7ccc8c(c7)C(=O)N(C7CCC(=O)NC7=O)C8=O)CC6)CC5)cc4)C[C@H]3C2)cc1Cl. The molecule has 6 aliphatic rings. The molecule has 5 fully saturated rings. The zero-order valence-corrected chi connectivity index (χ0v) is 33.7. The third kappa shape index (κ3) is 8.00. The van der Waals surface area contributed by atoms with Crippen molar-refractivity contribution >= 4 is 52.5 Å². The fourth-order valence-electron chi connectivity index (χ4n) is 10.3. The number of imide groups is 2. The van der Waals surface area contributed by atoms with E-state index < -0.39 is 23.8 Å². The molecule has 0 spiro atoms. The molecule has 0 radical (unpaired) electrons. The van der Waals surface area contributed by atoms with Crippen LogP contribution in [0, 0.1) is 29.1 Å². The number of anilines is 2. The van der Waals surface area contributed by atoms with E-state index in [9.17, 15) is 24.0 Å². The van der Waals surface area contributed by atoms with Gasteiger partial charge < -0.3 is 19.9 Å². The van der Waals surface area contributed by atoms with Gasteiger partial charge in [-0.25, -0.2) is 0 Å². The van der Waals surface area contributed by atoms with Crippen LogP contribution >= 0.6 is 11.6 Å². The molecule has 3 saturated heterocycles. The van der Waals surface area contributed by atoms with Crippen molar-refractivity contribution in [2.75, 3.05) is 55.6 Å². The average Bonchev–Trinajstić information content (AvgIpc) is 3.87. The second kappa shape index (κ2) is 16.3. The Hall–Kier alpha value is -5.45. The number of amides is 5. The minimum Gasteiger partial charge on any atom is -0.490 e. The topological polar surface area (TPSA) is 155 Å². The Morgan fingerprint density at radius 2 is 1.47 bits per heavy atom. The van der Waals surface area contributed by atoms with Crippen LogP contribution in [0.1, 0.15) is 88.0 Å². The smallest absolute Gasteiger partial charge is 0.262 e. The molecule has 4 aliphatic heterocycles. The van der Waals surface area contributed by atoms with Crippen molar-refractivity contribution in [2.24, 2.45) is 17.8 Å². The number of halogens is 1. The molecular weight excluding hydrogens is 770 g/mol. The number of hydrogen-bond acceptors (Lipinski definition) is 10. The molecule has 2 N–H and O–H groups in total. The van der Waals surface area contributed by atoms with Gasteiger partial charge in [0.2, 0.25) is 11.8 Å². The van der Waals surface area contributed by atoms with Crippen molar-refractivity contribution < 1.29 is 28.7 Å². The molecule has 9 rings (SSSR count). The van der Waals surface area contributed by atoms with E-state index in [0.29, 0.717) is 50.8 Å². The van der Waals surface area contributed by atoms with Gasteiger partial charge in [-0.05, 0) is 117 Å². The first-order chi connectivity index (χ1) is 28.6. The predicted molar refractivity (Wildman–Crippen MR) is 220 cm³/mol. The number of piperidine rings is 2. The third-order valence-corrected chi connectivity index (χ3v) is 13.8. The lowest BCUT2D eigenvalue weighted by atomic mass is 9.95. The first-order valence-electron chi connectivity index (χ1n) is 20.9. The molecule has 59 heavy (non-hydrogen) atoms. The van der Waals surface area contributed by atoms with E-state index in [-0.39, 0.29) is 36.8 Å². The largest absolute Gasteiger partial charge is 0.490 e. The van der Waals surface area contributed by atoms with E-state index in [0.717, 1.165) is 101 Å². The fourth-order valence-corrected chi connectivity index (χ4v) is 10.5. The van der Waals surface area contributed by atoms with Crippen LogP contribution < -0.4 is 25.2 Å². The number of nitrogens with zero attached hydrogens (tertiary/aromatic N) is 5. The Kier molecular flexibility index (Phi) is 10.8. The van der Waals surface area contributed by atoms with Crippen molar-refractivity contribution in [2.45, 2.75) is 69.6 Å². The summed E-state index contributed by atoms with van der Waals surface area (Å²) in [6.07, 6.45) is 6.25. The zero-order valence-electron chi connectivity index (χ0n) is 32.9. The first kappa shape index (κ1) is 39.0. The molecule has 3 aromatic rings. The summed E-state index contributed by atoms with van der Waals surface area (Å²) in [4.78, 5) is 72.0. The van der Waals surface area contributed by atoms with Gasteiger partial charge in [0, 0.05) is 81.3 Å². The van der Waals surface area contributed by atoms with Gasteiger partial charge in [-0.3, -0.25) is 39.1 Å². The molecule has 2 saturated carbocycles. The molecule has 13 nitrogen and oxygen atoms in total. The van der Waals surface area contributed by atoms with Gasteiger partial charge in [-0.1, -0.05) is 11.6 Å². The second-order valence-electron chi connectivity index (χ2n) is 17.1. The number of piperazine rings is 1. The second-order valence-corrected chi connectivity index (χ2v) is 17.5. The van der Waals surface area contributed by atoms with E-state index in [1.54, 1.807) is 30.3 Å². The molecule has 4 heterocycles. The summed E-state index contributed by atoms with van der Waals surface area (Å²) in [5.41, 5.74) is 3.78. The highest BCUT2D eigenvalue weighted by Gasteiger charge is 2.45. The number of nitriles is 1. The van der Waals surface area contributed by atoms with Gasteiger partial charge >= 0.3 is 0 Å². The van der Waals surface area contributed by atoms with Gasteiger partial charge in [-0.2, -0.15) is 5.26 Å². The molecule has 306 valence electrons. The number of hydrogen-bond donors (Lipinski definition) is 2. The average molecular weight is 818 g/mol. The zero-order chi connectivity index (χ0) is 40.8. The standard InChI is InChI=1S/C45H48ClN7O6/c46-39-24-35(7-3-29(39)25-47)59-36-21-30-19-32(20-31(30)22-36)48-42(55)28-1-4-33(5-2-28)52-17-15-50(16-18-52)26-27-11-13-51(14-12-27)34-6-8-37-38(23-34)45(58)53(44(37)57)40-9-10-41(54)49-43(40)56/h1-8,23-24,27,30-32,36,40H,9-22,26H2,(H,48,55)(H,49,54,56)/t30-,31+,32?,36?,40?. The third-order valence-electron chi connectivity index (χ3n) is 13.5. The van der Waals surface area contributed by atoms with Crippen molar-refractivity contribution in [3.05, 3.63) is 87.9 Å². The van der Waals surface area contributed by atoms with Crippen LogP contribution in [0.25, 0.3) is 0 Å². The number of nitrogens with one attached hydrogen (secondary N) is 2.